The summed E-state index contributed by atoms with van der Waals surface area (Å²) in [5.74, 6) is 0. The zero-order valence-corrected chi connectivity index (χ0v) is 26.7. The quantitative estimate of drug-likeness (QED) is 0.193. The minimum absolute atomic E-state index is 0.557. The zero-order chi connectivity index (χ0) is 33.8. The van der Waals surface area contributed by atoms with Gasteiger partial charge in [-0.2, -0.15) is 15.8 Å². The molecule has 0 fully saturated rings. The molecule has 0 saturated heterocycles. The molecule has 0 amide bonds. The number of para-hydroxylation sites is 3. The van der Waals surface area contributed by atoms with E-state index in [1.54, 1.807) is 0 Å². The molecule has 230 valence electrons. The molecule has 0 N–H and O–H groups in total. The Kier molecular flexibility index (Phi) is 6.56. The highest BCUT2D eigenvalue weighted by Crippen LogP contribution is 2.41. The van der Waals surface area contributed by atoms with Crippen LogP contribution in [0.2, 0.25) is 0 Å². The molecular weight excluding hydrogens is 611 g/mol. The van der Waals surface area contributed by atoms with E-state index in [1.807, 2.05) is 66.7 Å². The summed E-state index contributed by atoms with van der Waals surface area (Å²) >= 11 is 0. The van der Waals surface area contributed by atoms with E-state index < -0.39 is 0 Å². The van der Waals surface area contributed by atoms with Crippen molar-refractivity contribution in [2.24, 2.45) is 0 Å². The smallest absolute Gasteiger partial charge is 0.0992 e. The highest BCUT2D eigenvalue weighted by Gasteiger charge is 2.19. The van der Waals surface area contributed by atoms with Crippen LogP contribution in [0.3, 0.4) is 0 Å². The van der Waals surface area contributed by atoms with Crippen LogP contribution in [0.5, 0.6) is 0 Å². The van der Waals surface area contributed by atoms with Crippen molar-refractivity contribution in [3.05, 3.63) is 168 Å². The fourth-order valence-electron chi connectivity index (χ4n) is 7.39. The summed E-state index contributed by atoms with van der Waals surface area (Å²) in [6.07, 6.45) is 0. The molecule has 5 heteroatoms. The fourth-order valence-corrected chi connectivity index (χ4v) is 7.39. The summed E-state index contributed by atoms with van der Waals surface area (Å²) < 4.78 is 4.47. The van der Waals surface area contributed by atoms with Crippen LogP contribution in [0.1, 0.15) is 16.7 Å². The molecule has 0 aliphatic heterocycles. The molecule has 0 radical (unpaired) electrons. The van der Waals surface area contributed by atoms with E-state index in [0.29, 0.717) is 16.7 Å². The van der Waals surface area contributed by atoms with Gasteiger partial charge in [-0.25, -0.2) is 0 Å². The Morgan fingerprint density at radius 1 is 0.360 bits per heavy atom. The van der Waals surface area contributed by atoms with Crippen molar-refractivity contribution in [1.29, 1.82) is 15.8 Å². The summed E-state index contributed by atoms with van der Waals surface area (Å²) in [6, 6.07) is 57.9. The Hall–Kier alpha value is -7.39. The number of fused-ring (bicyclic) bond motifs is 6. The summed E-state index contributed by atoms with van der Waals surface area (Å²) in [5.41, 5.74) is 11.7. The van der Waals surface area contributed by atoms with Crippen molar-refractivity contribution in [3.63, 3.8) is 0 Å². The second-order valence-corrected chi connectivity index (χ2v) is 12.3. The molecule has 2 heterocycles. The number of hydrogen-bond donors (Lipinski definition) is 0. The van der Waals surface area contributed by atoms with E-state index >= 15 is 0 Å². The lowest BCUT2D eigenvalue weighted by atomic mass is 9.92. The molecule has 0 spiro atoms. The monoisotopic (exact) mass is 635 g/mol. The maximum absolute atomic E-state index is 9.97. The minimum Gasteiger partial charge on any atom is -0.309 e. The van der Waals surface area contributed by atoms with E-state index in [0.717, 1.165) is 66.5 Å². The fraction of sp³-hybridized carbons (Fsp3) is 0. The molecule has 7 aromatic carbocycles. The molecule has 0 atom stereocenters. The van der Waals surface area contributed by atoms with Gasteiger partial charge in [-0.15, -0.1) is 0 Å². The molecule has 2 aromatic heterocycles. The molecule has 5 nitrogen and oxygen atoms in total. The Balaban J connectivity index is 1.25. The third-order valence-corrected chi connectivity index (χ3v) is 9.62. The van der Waals surface area contributed by atoms with Gasteiger partial charge in [0.1, 0.15) is 0 Å². The Morgan fingerprint density at radius 3 is 1.64 bits per heavy atom. The molecule has 50 heavy (non-hydrogen) atoms. The third-order valence-electron chi connectivity index (χ3n) is 9.62. The van der Waals surface area contributed by atoms with Gasteiger partial charge in [0.05, 0.1) is 62.7 Å². The van der Waals surface area contributed by atoms with Crippen LogP contribution in [0, 0.1) is 34.0 Å². The van der Waals surface area contributed by atoms with Gasteiger partial charge in [0.2, 0.25) is 0 Å². The van der Waals surface area contributed by atoms with Gasteiger partial charge < -0.3 is 9.13 Å². The topological polar surface area (TPSA) is 81.2 Å². The first-order valence-electron chi connectivity index (χ1n) is 16.3. The van der Waals surface area contributed by atoms with Gasteiger partial charge in [0.25, 0.3) is 0 Å². The van der Waals surface area contributed by atoms with Crippen LogP contribution >= 0.6 is 0 Å². The Labute approximate surface area is 287 Å². The van der Waals surface area contributed by atoms with E-state index in [4.69, 9.17) is 0 Å². The first-order valence-corrected chi connectivity index (χ1v) is 16.3. The predicted molar refractivity (Wildman–Crippen MR) is 200 cm³/mol. The van der Waals surface area contributed by atoms with Crippen molar-refractivity contribution in [1.82, 2.24) is 9.13 Å². The predicted octanol–water partition coefficient (Wildman–Crippen LogP) is 10.8. The van der Waals surface area contributed by atoms with Gasteiger partial charge in [0, 0.05) is 32.8 Å². The molecule has 0 aliphatic carbocycles. The maximum Gasteiger partial charge on any atom is 0.0992 e. The van der Waals surface area contributed by atoms with E-state index in [1.165, 1.54) is 10.8 Å². The van der Waals surface area contributed by atoms with Crippen molar-refractivity contribution in [3.8, 4) is 51.8 Å². The van der Waals surface area contributed by atoms with E-state index in [-0.39, 0.29) is 0 Å². The number of nitriles is 3. The lowest BCUT2D eigenvalue weighted by molar-refractivity contribution is 1.18. The molecule has 0 aliphatic rings. The molecule has 0 unspecified atom stereocenters. The minimum atomic E-state index is 0.557. The first kappa shape index (κ1) is 28.8. The lowest BCUT2D eigenvalue weighted by Crippen LogP contribution is -1.99. The van der Waals surface area contributed by atoms with Crippen LogP contribution in [-0.2, 0) is 0 Å². The van der Waals surface area contributed by atoms with Gasteiger partial charge in [-0.3, -0.25) is 0 Å². The van der Waals surface area contributed by atoms with Gasteiger partial charge in [0.15, 0.2) is 0 Å². The summed E-state index contributed by atoms with van der Waals surface area (Å²) in [5, 5.41) is 33.8. The zero-order valence-electron chi connectivity index (χ0n) is 26.7. The van der Waals surface area contributed by atoms with E-state index in [9.17, 15) is 15.8 Å². The summed E-state index contributed by atoms with van der Waals surface area (Å²) in [4.78, 5) is 0. The van der Waals surface area contributed by atoms with Crippen LogP contribution in [-0.4, -0.2) is 9.13 Å². The highest BCUT2D eigenvalue weighted by atomic mass is 15.0. The second kappa shape index (κ2) is 11.4. The lowest BCUT2D eigenvalue weighted by Gasteiger charge is -2.18. The van der Waals surface area contributed by atoms with Crippen LogP contribution in [0.4, 0.5) is 0 Å². The van der Waals surface area contributed by atoms with Crippen molar-refractivity contribution < 1.29 is 0 Å². The Morgan fingerprint density at radius 2 is 0.920 bits per heavy atom. The maximum atomic E-state index is 9.97. The average Bonchev–Trinajstić information content (AvgIpc) is 3.69. The van der Waals surface area contributed by atoms with Crippen molar-refractivity contribution >= 4 is 43.6 Å². The molecular formula is C45H25N5. The largest absolute Gasteiger partial charge is 0.309 e. The number of hydrogen-bond acceptors (Lipinski definition) is 3. The molecule has 9 aromatic rings. The summed E-state index contributed by atoms with van der Waals surface area (Å²) in [7, 11) is 0. The SMILES string of the molecule is N#Cc1ccc(-c2ccccc2-n2c3ccc(C#N)cc3c3ccc(C#N)cc32)c(-c2ccc(-n3c4ccccc4c4ccccc43)cc2)c1. The summed E-state index contributed by atoms with van der Waals surface area (Å²) in [6.45, 7) is 0. The number of aromatic nitrogens is 2. The molecule has 9 rings (SSSR count). The standard InChI is InChI=1S/C45H25N5/c46-26-29-13-20-34(39(23-29)32-16-18-33(19-17-32)49-41-10-4-2-8-36(41)37-9-3-5-11-42(37)49)35-7-1-6-12-43(35)50-44-22-15-30(27-47)24-40(44)38-21-14-31(28-48)25-45(38)50/h1-25H. The van der Waals surface area contributed by atoms with Crippen molar-refractivity contribution in [2.45, 2.75) is 0 Å². The molecule has 0 saturated carbocycles. The Bertz CT molecular complexity index is 2900. The number of rotatable bonds is 4. The second-order valence-electron chi connectivity index (χ2n) is 12.3. The van der Waals surface area contributed by atoms with Gasteiger partial charge in [-0.1, -0.05) is 78.9 Å². The molecule has 0 bridgehead atoms. The van der Waals surface area contributed by atoms with Gasteiger partial charge >= 0.3 is 0 Å². The highest BCUT2D eigenvalue weighted by molar-refractivity contribution is 6.11. The average molecular weight is 636 g/mol. The van der Waals surface area contributed by atoms with Crippen LogP contribution in [0.25, 0.3) is 77.2 Å². The third kappa shape index (κ3) is 4.38. The van der Waals surface area contributed by atoms with Crippen LogP contribution in [0.15, 0.2) is 152 Å². The van der Waals surface area contributed by atoms with Crippen LogP contribution < -0.4 is 0 Å². The normalized spacial score (nSPS) is 11.1. The van der Waals surface area contributed by atoms with Gasteiger partial charge in [-0.05, 0) is 89.5 Å². The van der Waals surface area contributed by atoms with E-state index in [2.05, 4.69) is 112 Å². The van der Waals surface area contributed by atoms with Crippen molar-refractivity contribution in [2.75, 3.05) is 0 Å². The number of nitrogens with zero attached hydrogens (tertiary/aromatic N) is 5. The number of benzene rings is 7. The first-order chi connectivity index (χ1) is 24.7.